The summed E-state index contributed by atoms with van der Waals surface area (Å²) in [6.07, 6.45) is -0.547. The molecule has 1 unspecified atom stereocenters. The molecule has 9 heteroatoms. The van der Waals surface area contributed by atoms with Gasteiger partial charge < -0.3 is 14.9 Å². The van der Waals surface area contributed by atoms with Crippen molar-refractivity contribution in [2.45, 2.75) is 78.6 Å². The van der Waals surface area contributed by atoms with Gasteiger partial charge in [0.1, 0.15) is 5.60 Å². The minimum atomic E-state index is -2.11. The molecule has 0 rings (SSSR count). The number of amides is 1. The first-order chi connectivity index (χ1) is 11.4. The molecule has 0 bridgehead atoms. The summed E-state index contributed by atoms with van der Waals surface area (Å²) in [7, 11) is 0. The third-order valence-electron chi connectivity index (χ3n) is 3.42. The minimum absolute atomic E-state index is 0.428. The second kappa shape index (κ2) is 8.03. The monoisotopic (exact) mass is 375 g/mol. The number of ether oxygens (including phenoxy) is 1. The lowest BCUT2D eigenvalue weighted by molar-refractivity contribution is -0.270. The fourth-order valence-corrected chi connectivity index (χ4v) is 1.98. The van der Waals surface area contributed by atoms with Crippen LogP contribution in [0.2, 0.25) is 0 Å². The first kappa shape index (κ1) is 23.8. The van der Waals surface area contributed by atoms with Gasteiger partial charge in [0.05, 0.1) is 12.0 Å². The Labute approximate surface area is 153 Å². The van der Waals surface area contributed by atoms with E-state index in [0.717, 1.165) is 6.92 Å². The lowest BCUT2D eigenvalue weighted by Gasteiger charge is -2.42. The summed E-state index contributed by atoms with van der Waals surface area (Å²) < 4.78 is 5.01. The number of carboxylic acid groups (broad SMARTS) is 2. The van der Waals surface area contributed by atoms with Crippen molar-refractivity contribution in [1.82, 2.24) is 5.06 Å². The number of aliphatic carboxylic acids is 2. The van der Waals surface area contributed by atoms with Gasteiger partial charge in [-0.15, -0.1) is 0 Å². The largest absolute Gasteiger partial charge is 0.481 e. The average Bonchev–Trinajstić information content (AvgIpc) is 2.39. The van der Waals surface area contributed by atoms with Crippen LogP contribution in [0.5, 0.6) is 0 Å². The fourth-order valence-electron chi connectivity index (χ4n) is 1.98. The molecular formula is C17H29NO8. The Bertz CT molecular complexity index is 572. The van der Waals surface area contributed by atoms with E-state index in [1.165, 1.54) is 6.92 Å². The van der Waals surface area contributed by atoms with Crippen LogP contribution < -0.4 is 0 Å². The van der Waals surface area contributed by atoms with Gasteiger partial charge in [0, 0.05) is 5.92 Å². The van der Waals surface area contributed by atoms with E-state index in [2.05, 4.69) is 0 Å². The van der Waals surface area contributed by atoms with E-state index in [-0.39, 0.29) is 0 Å². The Balaban J connectivity index is 6.10. The maximum absolute atomic E-state index is 12.7. The number of carbonyl (C=O) groups is 4. The molecule has 1 amide bonds. The Morgan fingerprint density at radius 3 is 1.69 bits per heavy atom. The number of hydrogen-bond donors (Lipinski definition) is 2. The third-order valence-corrected chi connectivity index (χ3v) is 3.42. The number of esters is 1. The highest BCUT2D eigenvalue weighted by Gasteiger charge is 2.52. The summed E-state index contributed by atoms with van der Waals surface area (Å²) in [5, 5.41) is 19.2. The average molecular weight is 375 g/mol. The number of carbonyl (C=O) groups excluding carboxylic acids is 2. The SMILES string of the molecule is CC(CC(=O)O)[C@@](C)(C(=O)O)N(OC(C)(C)C)C(=O)C(=O)OC(C)(C)C. The Morgan fingerprint density at radius 2 is 1.38 bits per heavy atom. The molecule has 0 aliphatic rings. The zero-order valence-electron chi connectivity index (χ0n) is 16.6. The number of rotatable bonds is 6. The lowest BCUT2D eigenvalue weighted by Crippen LogP contribution is -2.62. The van der Waals surface area contributed by atoms with Gasteiger partial charge in [-0.25, -0.2) is 9.59 Å². The number of carboxylic acids is 2. The van der Waals surface area contributed by atoms with E-state index >= 15 is 0 Å². The van der Waals surface area contributed by atoms with Crippen molar-refractivity contribution >= 4 is 23.8 Å². The van der Waals surface area contributed by atoms with Crippen LogP contribution in [-0.2, 0) is 28.8 Å². The highest BCUT2D eigenvalue weighted by Crippen LogP contribution is 2.31. The standard InChI is InChI=1S/C17H29NO8/c1-10(9-11(19)20)17(8,14(23)24)18(26-16(5,6)7)12(21)13(22)25-15(2,3)4/h10H,9H2,1-8H3,(H,19,20)(H,23,24)/t10?,17-/m0/s1. The first-order valence-electron chi connectivity index (χ1n) is 8.13. The molecule has 2 atom stereocenters. The summed E-state index contributed by atoms with van der Waals surface area (Å²) in [6, 6.07) is 0. The zero-order valence-corrected chi connectivity index (χ0v) is 16.6. The molecular weight excluding hydrogens is 346 g/mol. The highest BCUT2D eigenvalue weighted by atomic mass is 16.7. The molecule has 0 saturated carbocycles. The van der Waals surface area contributed by atoms with Crippen LogP contribution in [0.1, 0.15) is 61.8 Å². The number of nitrogens with zero attached hydrogens (tertiary/aromatic N) is 1. The summed E-state index contributed by atoms with van der Waals surface area (Å²) in [5.41, 5.74) is -4.12. The van der Waals surface area contributed by atoms with Gasteiger partial charge in [-0.3, -0.25) is 14.4 Å². The van der Waals surface area contributed by atoms with Crippen molar-refractivity contribution in [2.75, 3.05) is 0 Å². The van der Waals surface area contributed by atoms with E-state index < -0.39 is 52.9 Å². The van der Waals surface area contributed by atoms with Crippen molar-refractivity contribution in [2.24, 2.45) is 5.92 Å². The van der Waals surface area contributed by atoms with Crippen LogP contribution in [0, 0.1) is 5.92 Å². The van der Waals surface area contributed by atoms with E-state index in [0.29, 0.717) is 5.06 Å². The molecule has 0 heterocycles. The maximum atomic E-state index is 12.7. The molecule has 9 nitrogen and oxygen atoms in total. The molecule has 0 aromatic heterocycles. The number of hydrogen-bond acceptors (Lipinski definition) is 6. The summed E-state index contributed by atoms with van der Waals surface area (Å²) in [4.78, 5) is 53.3. The Kier molecular flexibility index (Phi) is 7.36. The van der Waals surface area contributed by atoms with Gasteiger partial charge in [0.2, 0.25) is 0 Å². The molecule has 26 heavy (non-hydrogen) atoms. The van der Waals surface area contributed by atoms with Gasteiger partial charge >= 0.3 is 23.8 Å². The maximum Gasteiger partial charge on any atom is 0.399 e. The quantitative estimate of drug-likeness (QED) is 0.408. The van der Waals surface area contributed by atoms with Crippen molar-refractivity contribution in [3.8, 4) is 0 Å². The molecule has 0 radical (unpaired) electrons. The summed E-state index contributed by atoms with van der Waals surface area (Å²) in [5.74, 6) is -6.43. The Hall–Kier alpha value is -2.16. The van der Waals surface area contributed by atoms with E-state index in [1.807, 2.05) is 0 Å². The second-order valence-corrected chi connectivity index (χ2v) is 8.26. The smallest absolute Gasteiger partial charge is 0.399 e. The fraction of sp³-hybridized carbons (Fsp3) is 0.765. The molecule has 0 aliphatic carbocycles. The van der Waals surface area contributed by atoms with Gasteiger partial charge in [-0.1, -0.05) is 6.92 Å². The molecule has 0 aromatic rings. The van der Waals surface area contributed by atoms with Crippen molar-refractivity contribution in [3.63, 3.8) is 0 Å². The van der Waals surface area contributed by atoms with Crippen LogP contribution >= 0.6 is 0 Å². The van der Waals surface area contributed by atoms with Crippen molar-refractivity contribution < 1.29 is 39.0 Å². The molecule has 0 saturated heterocycles. The predicted molar refractivity (Wildman–Crippen MR) is 91.0 cm³/mol. The molecule has 0 spiro atoms. The normalized spacial score (nSPS) is 15.5. The van der Waals surface area contributed by atoms with Gasteiger partial charge in [0.15, 0.2) is 5.54 Å². The van der Waals surface area contributed by atoms with E-state index in [1.54, 1.807) is 41.5 Å². The predicted octanol–water partition coefficient (Wildman–Crippen LogP) is 1.84. The van der Waals surface area contributed by atoms with Gasteiger partial charge in [0.25, 0.3) is 0 Å². The van der Waals surface area contributed by atoms with E-state index in [4.69, 9.17) is 14.7 Å². The highest BCUT2D eigenvalue weighted by molar-refractivity contribution is 6.32. The molecule has 0 aromatic carbocycles. The lowest BCUT2D eigenvalue weighted by atomic mass is 9.84. The van der Waals surface area contributed by atoms with Gasteiger partial charge in [-0.2, -0.15) is 5.06 Å². The van der Waals surface area contributed by atoms with Crippen LogP contribution in [0.25, 0.3) is 0 Å². The third kappa shape index (κ3) is 6.62. The first-order valence-corrected chi connectivity index (χ1v) is 8.13. The second-order valence-electron chi connectivity index (χ2n) is 8.26. The minimum Gasteiger partial charge on any atom is -0.481 e. The summed E-state index contributed by atoms with van der Waals surface area (Å²) >= 11 is 0. The van der Waals surface area contributed by atoms with Gasteiger partial charge in [-0.05, 0) is 48.5 Å². The Morgan fingerprint density at radius 1 is 0.923 bits per heavy atom. The van der Waals surface area contributed by atoms with Crippen LogP contribution in [0.3, 0.4) is 0 Å². The molecule has 150 valence electrons. The van der Waals surface area contributed by atoms with Crippen molar-refractivity contribution in [1.29, 1.82) is 0 Å². The molecule has 0 aliphatic heterocycles. The molecule has 2 N–H and O–H groups in total. The van der Waals surface area contributed by atoms with Crippen molar-refractivity contribution in [3.05, 3.63) is 0 Å². The van der Waals surface area contributed by atoms with Crippen LogP contribution in [0.4, 0.5) is 0 Å². The topological polar surface area (TPSA) is 130 Å². The summed E-state index contributed by atoms with van der Waals surface area (Å²) in [6.45, 7) is 11.8. The van der Waals surface area contributed by atoms with Crippen LogP contribution in [-0.4, -0.2) is 55.8 Å². The number of hydroxylamine groups is 2. The van der Waals surface area contributed by atoms with E-state index in [9.17, 15) is 24.3 Å². The molecule has 0 fully saturated rings. The zero-order chi connectivity index (χ0) is 21.1. The van der Waals surface area contributed by atoms with Crippen LogP contribution in [0.15, 0.2) is 0 Å².